The predicted molar refractivity (Wildman–Crippen MR) is 116 cm³/mol. The summed E-state index contributed by atoms with van der Waals surface area (Å²) >= 11 is 0. The Morgan fingerprint density at radius 3 is 2.48 bits per heavy atom. The highest BCUT2D eigenvalue weighted by Gasteiger charge is 2.35. The van der Waals surface area contributed by atoms with E-state index < -0.39 is 6.04 Å². The van der Waals surface area contributed by atoms with E-state index in [0.29, 0.717) is 23.8 Å². The molecule has 1 N–H and O–H groups in total. The number of aromatic nitrogens is 2. The van der Waals surface area contributed by atoms with Crippen molar-refractivity contribution >= 4 is 11.6 Å². The van der Waals surface area contributed by atoms with Crippen LogP contribution in [0.1, 0.15) is 49.7 Å². The van der Waals surface area contributed by atoms with Gasteiger partial charge in [0, 0.05) is 17.8 Å². The average molecular weight is 420 g/mol. The Bertz CT molecular complexity index is 1100. The van der Waals surface area contributed by atoms with E-state index >= 15 is 0 Å². The maximum Gasteiger partial charge on any atom is 0.322 e. The largest absolute Gasteiger partial charge is 0.334 e. The molecule has 2 heterocycles. The number of urea groups is 1. The van der Waals surface area contributed by atoms with Gasteiger partial charge in [0.05, 0.1) is 11.6 Å². The first-order chi connectivity index (χ1) is 15.0. The van der Waals surface area contributed by atoms with Gasteiger partial charge in [-0.25, -0.2) is 9.18 Å². The minimum atomic E-state index is -0.516. The van der Waals surface area contributed by atoms with Gasteiger partial charge < -0.3 is 9.84 Å². The molecule has 0 bridgehead atoms. The fourth-order valence-electron chi connectivity index (χ4n) is 3.70. The standard InChI is InChI=1S/C24H25FN4O2/c1-4-5-14-29-16(3)20(21(26-24(29)30)17-10-12-19(25)13-11-17)23-27-22(28-31-23)18-8-6-15(2)7-9-18/h6-13,21H,4-5,14H2,1-3H3,(H,26,30). The zero-order valence-electron chi connectivity index (χ0n) is 17.9. The molecular formula is C24H25FN4O2. The molecule has 0 saturated heterocycles. The second-order valence-corrected chi connectivity index (χ2v) is 7.73. The molecule has 0 fully saturated rings. The molecule has 7 heteroatoms. The van der Waals surface area contributed by atoms with Gasteiger partial charge in [0.2, 0.25) is 5.82 Å². The summed E-state index contributed by atoms with van der Waals surface area (Å²) in [7, 11) is 0. The summed E-state index contributed by atoms with van der Waals surface area (Å²) in [4.78, 5) is 19.2. The first kappa shape index (κ1) is 20.8. The number of aryl methyl sites for hydroxylation is 1. The van der Waals surface area contributed by atoms with Gasteiger partial charge in [0.25, 0.3) is 5.89 Å². The molecule has 6 nitrogen and oxygen atoms in total. The van der Waals surface area contributed by atoms with Crippen molar-refractivity contribution in [3.63, 3.8) is 0 Å². The summed E-state index contributed by atoms with van der Waals surface area (Å²) in [5, 5.41) is 7.19. The number of benzene rings is 2. The van der Waals surface area contributed by atoms with Crippen LogP contribution in [0.2, 0.25) is 0 Å². The number of nitrogens with one attached hydrogen (secondary N) is 1. The highest BCUT2D eigenvalue weighted by Crippen LogP contribution is 2.37. The predicted octanol–water partition coefficient (Wildman–Crippen LogP) is 5.48. The summed E-state index contributed by atoms with van der Waals surface area (Å²) < 4.78 is 19.2. The molecule has 4 rings (SSSR count). The van der Waals surface area contributed by atoms with Crippen molar-refractivity contribution in [2.45, 2.75) is 39.7 Å². The molecule has 3 aromatic rings. The molecule has 2 aromatic carbocycles. The van der Waals surface area contributed by atoms with Crippen LogP contribution in [-0.4, -0.2) is 27.6 Å². The van der Waals surface area contributed by atoms with Crippen molar-refractivity contribution in [2.75, 3.05) is 6.54 Å². The van der Waals surface area contributed by atoms with Gasteiger partial charge in [-0.15, -0.1) is 0 Å². The lowest BCUT2D eigenvalue weighted by molar-refractivity contribution is 0.204. The third-order valence-corrected chi connectivity index (χ3v) is 5.50. The number of rotatable bonds is 6. The van der Waals surface area contributed by atoms with Crippen LogP contribution in [-0.2, 0) is 0 Å². The normalized spacial score (nSPS) is 16.6. The van der Waals surface area contributed by atoms with E-state index in [4.69, 9.17) is 4.52 Å². The second-order valence-electron chi connectivity index (χ2n) is 7.73. The number of unbranched alkanes of at least 4 members (excludes halogenated alkanes) is 1. The molecule has 1 atom stereocenters. The Morgan fingerprint density at radius 2 is 1.81 bits per heavy atom. The summed E-state index contributed by atoms with van der Waals surface area (Å²) in [5.41, 5.74) is 4.21. The van der Waals surface area contributed by atoms with Gasteiger partial charge in [0.1, 0.15) is 5.82 Å². The van der Waals surface area contributed by atoms with Crippen molar-refractivity contribution in [2.24, 2.45) is 0 Å². The second kappa shape index (κ2) is 8.71. The minimum absolute atomic E-state index is 0.192. The SMILES string of the molecule is CCCCN1C(=O)NC(c2ccc(F)cc2)C(c2nc(-c3ccc(C)cc3)no2)=C1C. The molecular weight excluding hydrogens is 395 g/mol. The van der Waals surface area contributed by atoms with E-state index in [1.807, 2.05) is 38.1 Å². The number of nitrogens with zero attached hydrogens (tertiary/aromatic N) is 3. The maximum atomic E-state index is 13.5. The van der Waals surface area contributed by atoms with Crippen LogP contribution in [0.3, 0.4) is 0 Å². The van der Waals surface area contributed by atoms with E-state index in [1.165, 1.54) is 12.1 Å². The van der Waals surface area contributed by atoms with E-state index in [9.17, 15) is 9.18 Å². The topological polar surface area (TPSA) is 71.3 Å². The van der Waals surface area contributed by atoms with Crippen LogP contribution in [0.5, 0.6) is 0 Å². The summed E-state index contributed by atoms with van der Waals surface area (Å²) in [6.07, 6.45) is 1.84. The van der Waals surface area contributed by atoms with Crippen LogP contribution in [0, 0.1) is 12.7 Å². The molecule has 2 amide bonds. The lowest BCUT2D eigenvalue weighted by Crippen LogP contribution is -2.46. The number of halogens is 1. The fraction of sp³-hybridized carbons (Fsp3) is 0.292. The molecule has 160 valence electrons. The Kier molecular flexibility index (Phi) is 5.84. The summed E-state index contributed by atoms with van der Waals surface area (Å²) in [6, 6.07) is 13.2. The highest BCUT2D eigenvalue weighted by atomic mass is 19.1. The first-order valence-electron chi connectivity index (χ1n) is 10.4. The van der Waals surface area contributed by atoms with Crippen molar-refractivity contribution < 1.29 is 13.7 Å². The molecule has 0 spiro atoms. The van der Waals surface area contributed by atoms with Crippen LogP contribution in [0.25, 0.3) is 17.0 Å². The third kappa shape index (κ3) is 4.21. The molecule has 1 unspecified atom stereocenters. The number of amides is 2. The van der Waals surface area contributed by atoms with Crippen LogP contribution >= 0.6 is 0 Å². The highest BCUT2D eigenvalue weighted by molar-refractivity contribution is 5.86. The zero-order valence-corrected chi connectivity index (χ0v) is 17.9. The van der Waals surface area contributed by atoms with Gasteiger partial charge in [-0.1, -0.05) is 60.5 Å². The number of allylic oxidation sites excluding steroid dienone is 1. The maximum absolute atomic E-state index is 13.5. The monoisotopic (exact) mass is 420 g/mol. The zero-order chi connectivity index (χ0) is 22.0. The minimum Gasteiger partial charge on any atom is -0.334 e. The average Bonchev–Trinajstić information content (AvgIpc) is 3.24. The molecule has 0 radical (unpaired) electrons. The lowest BCUT2D eigenvalue weighted by Gasteiger charge is -2.35. The summed E-state index contributed by atoms with van der Waals surface area (Å²) in [6.45, 7) is 6.57. The quantitative estimate of drug-likeness (QED) is 0.573. The Hall–Kier alpha value is -3.48. The third-order valence-electron chi connectivity index (χ3n) is 5.50. The van der Waals surface area contributed by atoms with Crippen LogP contribution in [0.15, 0.2) is 58.8 Å². The smallest absolute Gasteiger partial charge is 0.322 e. The van der Waals surface area contributed by atoms with Crippen molar-refractivity contribution in [1.29, 1.82) is 0 Å². The van der Waals surface area contributed by atoms with Crippen molar-refractivity contribution in [3.05, 3.63) is 77.1 Å². The molecule has 1 aromatic heterocycles. The molecule has 31 heavy (non-hydrogen) atoms. The number of carbonyl (C=O) groups excluding carboxylic acids is 1. The lowest BCUT2D eigenvalue weighted by atomic mass is 9.94. The molecule has 1 aliphatic rings. The van der Waals surface area contributed by atoms with E-state index in [-0.39, 0.29) is 11.8 Å². The Morgan fingerprint density at radius 1 is 1.10 bits per heavy atom. The van der Waals surface area contributed by atoms with Crippen LogP contribution in [0.4, 0.5) is 9.18 Å². The van der Waals surface area contributed by atoms with Gasteiger partial charge in [0.15, 0.2) is 0 Å². The van der Waals surface area contributed by atoms with E-state index in [2.05, 4.69) is 22.4 Å². The number of hydrogen-bond donors (Lipinski definition) is 1. The summed E-state index contributed by atoms with van der Waals surface area (Å²) in [5.74, 6) is 0.478. The van der Waals surface area contributed by atoms with Gasteiger partial charge in [-0.05, 0) is 38.0 Å². The number of hydrogen-bond acceptors (Lipinski definition) is 4. The Balaban J connectivity index is 1.78. The fourth-order valence-corrected chi connectivity index (χ4v) is 3.70. The van der Waals surface area contributed by atoms with Gasteiger partial charge >= 0.3 is 6.03 Å². The molecule has 1 aliphatic heterocycles. The van der Waals surface area contributed by atoms with E-state index in [0.717, 1.165) is 35.2 Å². The van der Waals surface area contributed by atoms with Gasteiger partial charge in [-0.2, -0.15) is 4.98 Å². The number of carbonyl (C=O) groups is 1. The van der Waals surface area contributed by atoms with Gasteiger partial charge in [-0.3, -0.25) is 4.90 Å². The Labute approximate surface area is 180 Å². The van der Waals surface area contributed by atoms with Crippen LogP contribution < -0.4 is 5.32 Å². The van der Waals surface area contributed by atoms with E-state index in [1.54, 1.807) is 17.0 Å². The first-order valence-corrected chi connectivity index (χ1v) is 10.4. The van der Waals surface area contributed by atoms with Crippen molar-refractivity contribution in [1.82, 2.24) is 20.4 Å². The van der Waals surface area contributed by atoms with Crippen molar-refractivity contribution in [3.8, 4) is 11.4 Å². The molecule has 0 saturated carbocycles. The molecule has 0 aliphatic carbocycles.